The van der Waals surface area contributed by atoms with Gasteiger partial charge in [-0.15, -0.1) is 10.2 Å². The lowest BCUT2D eigenvalue weighted by Crippen LogP contribution is -2.25. The maximum Gasteiger partial charge on any atom is 0.257 e. The summed E-state index contributed by atoms with van der Waals surface area (Å²) in [6, 6.07) is 14.7. The third-order valence-corrected chi connectivity index (χ3v) is 6.72. The van der Waals surface area contributed by atoms with Crippen LogP contribution in [0, 0.1) is 5.92 Å². The van der Waals surface area contributed by atoms with Gasteiger partial charge in [0.2, 0.25) is 16.9 Å². The number of rotatable bonds is 7. The monoisotopic (exact) mass is 477 g/mol. The van der Waals surface area contributed by atoms with Crippen molar-refractivity contribution < 1.29 is 14.4 Å². The van der Waals surface area contributed by atoms with Gasteiger partial charge in [-0.3, -0.25) is 19.7 Å². The second-order valence-electron chi connectivity index (χ2n) is 8.51. The molecule has 4 rings (SSSR count). The topological polar surface area (TPSA) is 104 Å². The standard InChI is InChI=1S/C25H27N5O3S/c1-4-16-8-5-6-11-20(16)30-14-18(13-21(30)31)24-28-29-25(34-24)27-23(33)17-9-7-10-19(12-17)26-22(32)15(2)3/h5-12,15,18H,4,13-14H2,1-3H3,(H,26,32)(H,27,29,33)/t18-/m0/s1. The van der Waals surface area contributed by atoms with E-state index in [2.05, 4.69) is 27.8 Å². The summed E-state index contributed by atoms with van der Waals surface area (Å²) in [5.74, 6) is -0.634. The van der Waals surface area contributed by atoms with E-state index in [9.17, 15) is 14.4 Å². The van der Waals surface area contributed by atoms with E-state index < -0.39 is 0 Å². The zero-order valence-corrected chi connectivity index (χ0v) is 20.2. The molecule has 0 radical (unpaired) electrons. The minimum Gasteiger partial charge on any atom is -0.326 e. The molecule has 0 bridgehead atoms. The highest BCUT2D eigenvalue weighted by molar-refractivity contribution is 7.15. The molecule has 0 unspecified atom stereocenters. The fraction of sp³-hybridized carbons (Fsp3) is 0.320. The highest BCUT2D eigenvalue weighted by atomic mass is 32.1. The first-order valence-corrected chi connectivity index (χ1v) is 12.1. The molecule has 1 saturated heterocycles. The van der Waals surface area contributed by atoms with Crippen molar-refractivity contribution in [3.8, 4) is 0 Å². The van der Waals surface area contributed by atoms with Crippen molar-refractivity contribution in [1.82, 2.24) is 10.2 Å². The van der Waals surface area contributed by atoms with Gasteiger partial charge in [0.05, 0.1) is 0 Å². The highest BCUT2D eigenvalue weighted by Gasteiger charge is 2.34. The maximum atomic E-state index is 12.7. The molecule has 0 saturated carbocycles. The molecule has 0 aliphatic carbocycles. The summed E-state index contributed by atoms with van der Waals surface area (Å²) >= 11 is 1.28. The normalized spacial score (nSPS) is 15.6. The number of aryl methyl sites for hydroxylation is 1. The molecule has 34 heavy (non-hydrogen) atoms. The van der Waals surface area contributed by atoms with Crippen LogP contribution in [-0.4, -0.2) is 34.5 Å². The van der Waals surface area contributed by atoms with Crippen molar-refractivity contribution in [1.29, 1.82) is 0 Å². The van der Waals surface area contributed by atoms with E-state index in [0.717, 1.165) is 22.7 Å². The van der Waals surface area contributed by atoms with Crippen LogP contribution >= 0.6 is 11.3 Å². The Kier molecular flexibility index (Phi) is 7.02. The molecule has 2 heterocycles. The Morgan fingerprint density at radius 2 is 1.91 bits per heavy atom. The smallest absolute Gasteiger partial charge is 0.257 e. The predicted octanol–water partition coefficient (Wildman–Crippen LogP) is 4.47. The van der Waals surface area contributed by atoms with Crippen LogP contribution in [0.15, 0.2) is 48.5 Å². The van der Waals surface area contributed by atoms with Gasteiger partial charge in [0, 0.05) is 41.7 Å². The van der Waals surface area contributed by atoms with Gasteiger partial charge in [-0.2, -0.15) is 0 Å². The number of carbonyl (C=O) groups excluding carboxylic acids is 3. The Labute approximate surface area is 202 Å². The van der Waals surface area contributed by atoms with Crippen molar-refractivity contribution >= 4 is 45.6 Å². The number of para-hydroxylation sites is 1. The maximum absolute atomic E-state index is 12.7. The molecule has 0 spiro atoms. The van der Waals surface area contributed by atoms with Crippen LogP contribution in [0.1, 0.15) is 54.0 Å². The second kappa shape index (κ2) is 10.1. The first kappa shape index (κ1) is 23.6. The number of benzene rings is 2. The summed E-state index contributed by atoms with van der Waals surface area (Å²) in [4.78, 5) is 39.2. The van der Waals surface area contributed by atoms with Gasteiger partial charge in [-0.1, -0.05) is 56.4 Å². The van der Waals surface area contributed by atoms with Crippen molar-refractivity contribution in [3.63, 3.8) is 0 Å². The van der Waals surface area contributed by atoms with Crippen molar-refractivity contribution in [2.24, 2.45) is 5.92 Å². The van der Waals surface area contributed by atoms with Crippen molar-refractivity contribution in [2.45, 2.75) is 39.5 Å². The molecule has 176 valence electrons. The average Bonchev–Trinajstić information content (AvgIpc) is 3.45. The van der Waals surface area contributed by atoms with Gasteiger partial charge in [0.15, 0.2) is 0 Å². The fourth-order valence-electron chi connectivity index (χ4n) is 3.82. The van der Waals surface area contributed by atoms with E-state index in [1.54, 1.807) is 38.1 Å². The molecular formula is C25H27N5O3S. The Morgan fingerprint density at radius 3 is 2.68 bits per heavy atom. The number of aromatic nitrogens is 2. The Bertz CT molecular complexity index is 1220. The molecule has 3 aromatic rings. The first-order valence-electron chi connectivity index (χ1n) is 11.3. The van der Waals surface area contributed by atoms with E-state index >= 15 is 0 Å². The molecule has 1 fully saturated rings. The molecule has 9 heteroatoms. The quantitative estimate of drug-likeness (QED) is 0.523. The summed E-state index contributed by atoms with van der Waals surface area (Å²) in [6.07, 6.45) is 1.21. The Hall–Kier alpha value is -3.59. The first-order chi connectivity index (χ1) is 16.4. The van der Waals surface area contributed by atoms with Crippen LogP contribution in [0.2, 0.25) is 0 Å². The van der Waals surface area contributed by atoms with Crippen molar-refractivity contribution in [3.05, 3.63) is 64.7 Å². The molecule has 1 atom stereocenters. The minimum atomic E-state index is -0.343. The highest BCUT2D eigenvalue weighted by Crippen LogP contribution is 2.35. The summed E-state index contributed by atoms with van der Waals surface area (Å²) in [6.45, 7) is 6.22. The van der Waals surface area contributed by atoms with E-state index in [4.69, 9.17) is 0 Å². The number of amides is 3. The van der Waals surface area contributed by atoms with E-state index in [1.165, 1.54) is 11.3 Å². The van der Waals surface area contributed by atoms with Gasteiger partial charge in [-0.25, -0.2) is 0 Å². The van der Waals surface area contributed by atoms with E-state index in [0.29, 0.717) is 29.3 Å². The number of nitrogens with one attached hydrogen (secondary N) is 2. The number of hydrogen-bond acceptors (Lipinski definition) is 6. The molecule has 1 aromatic heterocycles. The van der Waals surface area contributed by atoms with Crippen LogP contribution in [0.4, 0.5) is 16.5 Å². The largest absolute Gasteiger partial charge is 0.326 e. The van der Waals surface area contributed by atoms with Crippen LogP contribution in [0.3, 0.4) is 0 Å². The lowest BCUT2D eigenvalue weighted by molar-refractivity contribution is -0.119. The van der Waals surface area contributed by atoms with Crippen LogP contribution in [0.25, 0.3) is 0 Å². The molecule has 1 aliphatic rings. The minimum absolute atomic E-state index is 0.0620. The van der Waals surface area contributed by atoms with Gasteiger partial charge in [0.25, 0.3) is 5.91 Å². The van der Waals surface area contributed by atoms with Crippen LogP contribution < -0.4 is 15.5 Å². The van der Waals surface area contributed by atoms with Gasteiger partial charge in [-0.05, 0) is 36.2 Å². The average molecular weight is 478 g/mol. The second-order valence-corrected chi connectivity index (χ2v) is 9.52. The summed E-state index contributed by atoms with van der Waals surface area (Å²) in [5.41, 5.74) is 3.03. The lowest BCUT2D eigenvalue weighted by Gasteiger charge is -2.19. The summed E-state index contributed by atoms with van der Waals surface area (Å²) in [5, 5.41) is 15.0. The van der Waals surface area contributed by atoms with Crippen molar-refractivity contribution in [2.75, 3.05) is 22.1 Å². The molecule has 2 N–H and O–H groups in total. The molecule has 3 amide bonds. The fourth-order valence-corrected chi connectivity index (χ4v) is 4.65. The van der Waals surface area contributed by atoms with Gasteiger partial charge >= 0.3 is 0 Å². The van der Waals surface area contributed by atoms with Crippen LogP contribution in [0.5, 0.6) is 0 Å². The predicted molar refractivity (Wildman–Crippen MR) is 133 cm³/mol. The van der Waals surface area contributed by atoms with Gasteiger partial charge in [0.1, 0.15) is 5.01 Å². The van der Waals surface area contributed by atoms with E-state index in [-0.39, 0.29) is 29.6 Å². The lowest BCUT2D eigenvalue weighted by atomic mass is 10.1. The summed E-state index contributed by atoms with van der Waals surface area (Å²) in [7, 11) is 0. The zero-order chi connectivity index (χ0) is 24.2. The molecule has 8 nitrogen and oxygen atoms in total. The molecular weight excluding hydrogens is 450 g/mol. The van der Waals surface area contributed by atoms with Gasteiger partial charge < -0.3 is 10.2 Å². The number of carbonyl (C=O) groups is 3. The molecule has 2 aromatic carbocycles. The Morgan fingerprint density at radius 1 is 1.12 bits per heavy atom. The summed E-state index contributed by atoms with van der Waals surface area (Å²) < 4.78 is 0. The third kappa shape index (κ3) is 5.14. The number of nitrogens with zero attached hydrogens (tertiary/aromatic N) is 3. The van der Waals surface area contributed by atoms with Crippen LogP contribution in [-0.2, 0) is 16.0 Å². The molecule has 1 aliphatic heterocycles. The third-order valence-electron chi connectivity index (χ3n) is 5.72. The number of anilines is 3. The Balaban J connectivity index is 1.43. The SMILES string of the molecule is CCc1ccccc1N1C[C@@H](c2nnc(NC(=O)c3cccc(NC(=O)C(C)C)c3)s2)CC1=O. The number of hydrogen-bond donors (Lipinski definition) is 2. The van der Waals surface area contributed by atoms with E-state index in [1.807, 2.05) is 29.2 Å². The zero-order valence-electron chi connectivity index (χ0n) is 19.4.